The lowest BCUT2D eigenvalue weighted by Crippen LogP contribution is -2.42. The summed E-state index contributed by atoms with van der Waals surface area (Å²) < 4.78 is 12.1. The van der Waals surface area contributed by atoms with E-state index >= 15 is 0 Å². The van der Waals surface area contributed by atoms with Gasteiger partial charge >= 0.3 is 0 Å². The smallest absolute Gasteiger partial charge is 0.252 e. The van der Waals surface area contributed by atoms with Crippen LogP contribution in [0.25, 0.3) is 0 Å². The second-order valence-electron chi connectivity index (χ2n) is 5.24. The molecule has 0 radical (unpaired) electrons. The lowest BCUT2D eigenvalue weighted by Gasteiger charge is -2.32. The molecule has 0 N–H and O–H groups in total. The van der Waals surface area contributed by atoms with Crippen molar-refractivity contribution in [3.05, 3.63) is 24.4 Å². The van der Waals surface area contributed by atoms with Crippen LogP contribution < -0.4 is 0 Å². The van der Waals surface area contributed by atoms with E-state index in [2.05, 4.69) is 20.2 Å². The van der Waals surface area contributed by atoms with Crippen LogP contribution in [0.15, 0.2) is 17.2 Å². The van der Waals surface area contributed by atoms with Crippen molar-refractivity contribution in [3.63, 3.8) is 0 Å². The highest BCUT2D eigenvalue weighted by molar-refractivity contribution is 5.77. The number of nitrogens with zero attached hydrogens (tertiary/aromatic N) is 6. The minimum atomic E-state index is -0.0407. The van der Waals surface area contributed by atoms with E-state index in [0.29, 0.717) is 18.3 Å². The number of piperidine rings is 1. The molecule has 0 aromatic carbocycles. The zero-order valence-electron chi connectivity index (χ0n) is 12.4. The maximum absolute atomic E-state index is 12.2. The molecular weight excluding hydrogens is 288 g/mol. The fraction of sp³-hybridized carbons (Fsp3) is 0.615. The van der Waals surface area contributed by atoms with E-state index in [1.165, 1.54) is 6.33 Å². The number of ether oxygens (including phenoxy) is 1. The van der Waals surface area contributed by atoms with Gasteiger partial charge in [0.15, 0.2) is 5.82 Å². The topological polar surface area (TPSA) is 99.2 Å². The highest BCUT2D eigenvalue weighted by Gasteiger charge is 2.25. The van der Waals surface area contributed by atoms with Crippen molar-refractivity contribution in [1.29, 1.82) is 0 Å². The first kappa shape index (κ1) is 14.6. The number of rotatable bonds is 5. The molecule has 9 nitrogen and oxygen atoms in total. The molecule has 0 saturated carbocycles. The molecule has 0 aliphatic carbocycles. The standard InChI is InChI=1S/C13H18N6O3/c1-10-16-12(22-17-10)6-21-7-13(20)18-4-2-3-11(5-18)19-9-14-8-15-19/h8-9,11H,2-7H2,1H3/t11-/m0/s1. The molecule has 1 amide bonds. The van der Waals surface area contributed by atoms with Crippen LogP contribution in [0.2, 0.25) is 0 Å². The molecule has 1 saturated heterocycles. The Labute approximate surface area is 127 Å². The van der Waals surface area contributed by atoms with Crippen LogP contribution in [-0.2, 0) is 16.1 Å². The number of hydrogen-bond donors (Lipinski definition) is 0. The van der Waals surface area contributed by atoms with Crippen LogP contribution in [0.1, 0.15) is 30.6 Å². The van der Waals surface area contributed by atoms with Crippen LogP contribution in [-0.4, -0.2) is 55.4 Å². The van der Waals surface area contributed by atoms with E-state index in [-0.39, 0.29) is 25.2 Å². The van der Waals surface area contributed by atoms with Gasteiger partial charge in [0.25, 0.3) is 5.89 Å². The Morgan fingerprint density at radius 3 is 3.18 bits per heavy atom. The van der Waals surface area contributed by atoms with Gasteiger partial charge in [-0.15, -0.1) is 0 Å². The van der Waals surface area contributed by atoms with Crippen molar-refractivity contribution < 1.29 is 14.1 Å². The summed E-state index contributed by atoms with van der Waals surface area (Å²) in [4.78, 5) is 22.0. The van der Waals surface area contributed by atoms with Gasteiger partial charge in [0.2, 0.25) is 5.91 Å². The van der Waals surface area contributed by atoms with Gasteiger partial charge in [0.05, 0.1) is 6.04 Å². The fourth-order valence-electron chi connectivity index (χ4n) is 2.52. The molecule has 0 spiro atoms. The first-order valence-corrected chi connectivity index (χ1v) is 7.21. The summed E-state index contributed by atoms with van der Waals surface area (Å²) in [5, 5.41) is 7.81. The second kappa shape index (κ2) is 6.65. The molecule has 0 unspecified atom stereocenters. The third kappa shape index (κ3) is 3.48. The molecule has 0 bridgehead atoms. The van der Waals surface area contributed by atoms with Crippen LogP contribution in [0.4, 0.5) is 0 Å². The Bertz CT molecular complexity index is 611. The molecule has 22 heavy (non-hydrogen) atoms. The van der Waals surface area contributed by atoms with Gasteiger partial charge in [-0.05, 0) is 19.8 Å². The number of likely N-dealkylation sites (tertiary alicyclic amines) is 1. The SMILES string of the molecule is Cc1noc(COCC(=O)N2CCC[C@H](n3cncn3)C2)n1. The second-order valence-corrected chi connectivity index (χ2v) is 5.24. The largest absolute Gasteiger partial charge is 0.362 e. The van der Waals surface area contributed by atoms with Crippen LogP contribution in [0.5, 0.6) is 0 Å². The van der Waals surface area contributed by atoms with Crippen molar-refractivity contribution in [2.75, 3.05) is 19.7 Å². The third-order valence-corrected chi connectivity index (χ3v) is 3.58. The van der Waals surface area contributed by atoms with E-state index in [1.54, 1.807) is 18.2 Å². The van der Waals surface area contributed by atoms with Gasteiger partial charge in [-0.2, -0.15) is 10.1 Å². The molecule has 1 fully saturated rings. The Balaban J connectivity index is 1.47. The number of aryl methyl sites for hydroxylation is 1. The van der Waals surface area contributed by atoms with Crippen molar-refractivity contribution in [3.8, 4) is 0 Å². The molecule has 2 aromatic heterocycles. The maximum Gasteiger partial charge on any atom is 0.252 e. The van der Waals surface area contributed by atoms with Crippen molar-refractivity contribution in [2.45, 2.75) is 32.4 Å². The fourth-order valence-corrected chi connectivity index (χ4v) is 2.52. The zero-order chi connectivity index (χ0) is 15.4. The van der Waals surface area contributed by atoms with Gasteiger partial charge in [-0.1, -0.05) is 5.16 Å². The summed E-state index contributed by atoms with van der Waals surface area (Å²) in [6.45, 7) is 3.26. The van der Waals surface area contributed by atoms with Gasteiger partial charge in [-0.3, -0.25) is 4.79 Å². The molecule has 1 atom stereocenters. The molecule has 2 aromatic rings. The Kier molecular flexibility index (Phi) is 4.42. The van der Waals surface area contributed by atoms with Crippen LogP contribution in [0, 0.1) is 6.92 Å². The Morgan fingerprint density at radius 1 is 1.55 bits per heavy atom. The molecule has 1 aliphatic heterocycles. The third-order valence-electron chi connectivity index (χ3n) is 3.58. The van der Waals surface area contributed by atoms with Crippen molar-refractivity contribution in [2.24, 2.45) is 0 Å². The number of carbonyl (C=O) groups excluding carboxylic acids is 1. The summed E-state index contributed by atoms with van der Waals surface area (Å²) >= 11 is 0. The predicted molar refractivity (Wildman–Crippen MR) is 73.6 cm³/mol. The molecule has 9 heteroatoms. The Morgan fingerprint density at radius 2 is 2.45 bits per heavy atom. The quantitative estimate of drug-likeness (QED) is 0.785. The van der Waals surface area contributed by atoms with Gasteiger partial charge in [-0.25, -0.2) is 9.67 Å². The number of hydrogen-bond acceptors (Lipinski definition) is 7. The molecular formula is C13H18N6O3. The van der Waals surface area contributed by atoms with Crippen molar-refractivity contribution >= 4 is 5.91 Å². The van der Waals surface area contributed by atoms with Gasteiger partial charge < -0.3 is 14.2 Å². The summed E-state index contributed by atoms with van der Waals surface area (Å²) in [6.07, 6.45) is 5.14. The van der Waals surface area contributed by atoms with E-state index < -0.39 is 0 Å². The normalized spacial score (nSPS) is 18.6. The van der Waals surface area contributed by atoms with E-state index in [9.17, 15) is 4.79 Å². The molecule has 3 rings (SSSR count). The first-order valence-electron chi connectivity index (χ1n) is 7.21. The van der Waals surface area contributed by atoms with E-state index in [0.717, 1.165) is 19.4 Å². The molecule has 1 aliphatic rings. The van der Waals surface area contributed by atoms with Crippen LogP contribution >= 0.6 is 0 Å². The lowest BCUT2D eigenvalue weighted by atomic mass is 10.1. The maximum atomic E-state index is 12.2. The first-order chi connectivity index (χ1) is 10.7. The summed E-state index contributed by atoms with van der Waals surface area (Å²) in [7, 11) is 0. The van der Waals surface area contributed by atoms with E-state index in [1.807, 2.05) is 4.68 Å². The highest BCUT2D eigenvalue weighted by atomic mass is 16.5. The average molecular weight is 306 g/mol. The lowest BCUT2D eigenvalue weighted by molar-refractivity contribution is -0.138. The highest BCUT2D eigenvalue weighted by Crippen LogP contribution is 2.20. The van der Waals surface area contributed by atoms with E-state index in [4.69, 9.17) is 9.26 Å². The van der Waals surface area contributed by atoms with Gasteiger partial charge in [0, 0.05) is 13.1 Å². The Hall–Kier alpha value is -2.29. The molecule has 3 heterocycles. The zero-order valence-corrected chi connectivity index (χ0v) is 12.4. The summed E-state index contributed by atoms with van der Waals surface area (Å²) in [5.41, 5.74) is 0. The predicted octanol–water partition coefficient (Wildman–Crippen LogP) is 0.350. The number of aromatic nitrogens is 5. The van der Waals surface area contributed by atoms with Crippen LogP contribution in [0.3, 0.4) is 0 Å². The number of amides is 1. The monoisotopic (exact) mass is 306 g/mol. The summed E-state index contributed by atoms with van der Waals surface area (Å²) in [5.74, 6) is 0.891. The number of carbonyl (C=O) groups is 1. The average Bonchev–Trinajstić information content (AvgIpc) is 3.19. The van der Waals surface area contributed by atoms with Gasteiger partial charge in [0.1, 0.15) is 25.9 Å². The molecule has 118 valence electrons. The minimum absolute atomic E-state index is 0.00546. The van der Waals surface area contributed by atoms with Crippen molar-refractivity contribution in [1.82, 2.24) is 29.8 Å². The minimum Gasteiger partial charge on any atom is -0.362 e. The summed E-state index contributed by atoms with van der Waals surface area (Å²) in [6, 6.07) is 0.179.